The summed E-state index contributed by atoms with van der Waals surface area (Å²) in [5.41, 5.74) is 10.9. The number of hydrogen-bond donors (Lipinski definition) is 1. The lowest BCUT2D eigenvalue weighted by Gasteiger charge is -2.28. The van der Waals surface area contributed by atoms with Gasteiger partial charge in [-0.3, -0.25) is 0 Å². The van der Waals surface area contributed by atoms with Crippen molar-refractivity contribution >= 4 is 12.4 Å². The van der Waals surface area contributed by atoms with Gasteiger partial charge in [0.15, 0.2) is 6.29 Å². The molecule has 0 heterocycles. The van der Waals surface area contributed by atoms with Crippen molar-refractivity contribution in [1.82, 2.24) is 0 Å². The minimum atomic E-state index is -0.423. The van der Waals surface area contributed by atoms with Crippen LogP contribution < -0.4 is 10.5 Å². The largest absolute Gasteiger partial charge is 0.465 e. The molecule has 174 valence electrons. The van der Waals surface area contributed by atoms with Gasteiger partial charge < -0.3 is 15.2 Å². The highest BCUT2D eigenvalue weighted by Crippen LogP contribution is 2.31. The predicted molar refractivity (Wildman–Crippen MR) is 134 cm³/mol. The lowest BCUT2D eigenvalue weighted by Crippen LogP contribution is -2.31. The van der Waals surface area contributed by atoms with Crippen LogP contribution in [0.5, 0.6) is 5.75 Å². The van der Waals surface area contributed by atoms with Crippen LogP contribution in [0.15, 0.2) is 42.5 Å². The van der Waals surface area contributed by atoms with Gasteiger partial charge in [0.25, 0.3) is 0 Å². The fraction of sp³-hybridized carbons (Fsp3) is 0.556. The quantitative estimate of drug-likeness (QED) is 0.391. The van der Waals surface area contributed by atoms with Crippen molar-refractivity contribution in [2.45, 2.75) is 86.2 Å². The molecule has 2 N–H and O–H groups in total. The summed E-state index contributed by atoms with van der Waals surface area (Å²) < 4.78 is 12.6. The van der Waals surface area contributed by atoms with E-state index in [2.05, 4.69) is 65.0 Å². The number of ether oxygens (including phenoxy) is 2. The Morgan fingerprint density at radius 2 is 1.45 bits per heavy atom. The van der Waals surface area contributed by atoms with Gasteiger partial charge in [0, 0.05) is 5.54 Å². The van der Waals surface area contributed by atoms with E-state index in [0.29, 0.717) is 11.8 Å². The minimum absolute atomic E-state index is 0. The molecule has 0 bridgehead atoms. The van der Waals surface area contributed by atoms with Crippen LogP contribution in [0.2, 0.25) is 0 Å². The normalized spacial score (nSPS) is 13.8. The van der Waals surface area contributed by atoms with E-state index in [0.717, 1.165) is 29.7 Å². The molecule has 0 fully saturated rings. The Balaban J connectivity index is 0.00000480. The van der Waals surface area contributed by atoms with Gasteiger partial charge in [0.2, 0.25) is 0 Å². The maximum absolute atomic E-state index is 6.39. The van der Waals surface area contributed by atoms with Crippen molar-refractivity contribution in [3.63, 3.8) is 0 Å². The molecule has 0 radical (unpaired) electrons. The zero-order chi connectivity index (χ0) is 22.5. The number of benzene rings is 2. The van der Waals surface area contributed by atoms with E-state index in [1.165, 1.54) is 11.1 Å². The number of rotatable bonds is 10. The van der Waals surface area contributed by atoms with Crippen molar-refractivity contribution < 1.29 is 9.47 Å². The second kappa shape index (κ2) is 11.9. The molecule has 0 spiro atoms. The second-order valence-electron chi connectivity index (χ2n) is 9.86. The van der Waals surface area contributed by atoms with Crippen LogP contribution in [0, 0.1) is 11.8 Å². The number of nitrogens with two attached hydrogens (primary N) is 1. The van der Waals surface area contributed by atoms with Gasteiger partial charge >= 0.3 is 0 Å². The van der Waals surface area contributed by atoms with E-state index in [9.17, 15) is 0 Å². The third-order valence-electron chi connectivity index (χ3n) is 5.25. The summed E-state index contributed by atoms with van der Waals surface area (Å²) in [5, 5.41) is 0. The zero-order valence-electron chi connectivity index (χ0n) is 20.6. The van der Waals surface area contributed by atoms with Crippen molar-refractivity contribution in [3.8, 4) is 5.75 Å². The Hall–Kier alpha value is -1.55. The SMILES string of the molecule is CC(C)Cc1cccc(OC(C)OC(C)c2ccccc2C(C)(C)N)c1CC(C)C.Cl. The third-order valence-corrected chi connectivity index (χ3v) is 5.25. The van der Waals surface area contributed by atoms with Crippen LogP contribution in [0.3, 0.4) is 0 Å². The molecule has 2 aromatic rings. The summed E-state index contributed by atoms with van der Waals surface area (Å²) in [6.45, 7) is 17.1. The van der Waals surface area contributed by atoms with Gasteiger partial charge in [-0.05, 0) is 80.7 Å². The van der Waals surface area contributed by atoms with E-state index in [-0.39, 0.29) is 24.8 Å². The summed E-state index contributed by atoms with van der Waals surface area (Å²) in [5.74, 6) is 2.11. The maximum Gasteiger partial charge on any atom is 0.197 e. The molecule has 0 aliphatic carbocycles. The van der Waals surface area contributed by atoms with Crippen molar-refractivity contribution in [3.05, 3.63) is 64.7 Å². The summed E-state index contributed by atoms with van der Waals surface area (Å²) in [4.78, 5) is 0. The molecule has 3 nitrogen and oxygen atoms in total. The van der Waals surface area contributed by atoms with Crippen LogP contribution in [-0.2, 0) is 23.1 Å². The molecule has 0 saturated heterocycles. The highest BCUT2D eigenvalue weighted by molar-refractivity contribution is 5.85. The summed E-state index contributed by atoms with van der Waals surface area (Å²) in [6.07, 6.45) is 1.58. The first-order chi connectivity index (χ1) is 14.0. The van der Waals surface area contributed by atoms with Crippen LogP contribution >= 0.6 is 12.4 Å². The average molecular weight is 448 g/mol. The smallest absolute Gasteiger partial charge is 0.197 e. The molecule has 2 unspecified atom stereocenters. The third kappa shape index (κ3) is 8.14. The number of hydrogen-bond acceptors (Lipinski definition) is 3. The van der Waals surface area contributed by atoms with E-state index in [1.54, 1.807) is 0 Å². The first-order valence-electron chi connectivity index (χ1n) is 11.3. The lowest BCUT2D eigenvalue weighted by molar-refractivity contribution is -0.104. The highest BCUT2D eigenvalue weighted by atomic mass is 35.5. The van der Waals surface area contributed by atoms with Crippen LogP contribution in [0.25, 0.3) is 0 Å². The first kappa shape index (κ1) is 27.5. The fourth-order valence-corrected chi connectivity index (χ4v) is 4.00. The topological polar surface area (TPSA) is 44.5 Å². The Morgan fingerprint density at radius 1 is 0.839 bits per heavy atom. The Bertz CT molecular complexity index is 811. The van der Waals surface area contributed by atoms with Crippen LogP contribution in [-0.4, -0.2) is 6.29 Å². The molecule has 2 aromatic carbocycles. The van der Waals surface area contributed by atoms with Gasteiger partial charge in [0.1, 0.15) is 5.75 Å². The van der Waals surface area contributed by atoms with Gasteiger partial charge in [-0.2, -0.15) is 0 Å². The molecular formula is C27H42ClNO2. The van der Waals surface area contributed by atoms with Crippen LogP contribution in [0.4, 0.5) is 0 Å². The molecule has 2 rings (SSSR count). The van der Waals surface area contributed by atoms with Gasteiger partial charge in [-0.25, -0.2) is 0 Å². The molecule has 4 heteroatoms. The van der Waals surface area contributed by atoms with Gasteiger partial charge in [0.05, 0.1) is 6.10 Å². The Kier molecular flexibility index (Phi) is 10.5. The van der Waals surface area contributed by atoms with Gasteiger partial charge in [-0.15, -0.1) is 12.4 Å². The molecule has 0 saturated carbocycles. The van der Waals surface area contributed by atoms with E-state index in [4.69, 9.17) is 15.2 Å². The summed E-state index contributed by atoms with van der Waals surface area (Å²) in [7, 11) is 0. The highest BCUT2D eigenvalue weighted by Gasteiger charge is 2.23. The number of halogens is 1. The monoisotopic (exact) mass is 447 g/mol. The summed E-state index contributed by atoms with van der Waals surface area (Å²) in [6, 6.07) is 14.6. The van der Waals surface area contributed by atoms with Crippen molar-refractivity contribution in [2.24, 2.45) is 17.6 Å². The Morgan fingerprint density at radius 3 is 2.03 bits per heavy atom. The van der Waals surface area contributed by atoms with E-state index in [1.807, 2.05) is 32.9 Å². The molecular weight excluding hydrogens is 406 g/mol. The molecule has 31 heavy (non-hydrogen) atoms. The molecule has 0 aliphatic heterocycles. The fourth-order valence-electron chi connectivity index (χ4n) is 4.00. The molecule has 0 amide bonds. The first-order valence-corrected chi connectivity index (χ1v) is 11.3. The second-order valence-corrected chi connectivity index (χ2v) is 9.86. The maximum atomic E-state index is 6.39. The standard InChI is InChI=1S/C27H41NO2.ClH/c1-18(2)16-22-12-11-15-26(24(22)17-19(3)4)30-21(6)29-20(5)23-13-9-10-14-25(23)27(7,8)28;/h9-15,18-21H,16-17,28H2,1-8H3;1H. The predicted octanol–water partition coefficient (Wildman–Crippen LogP) is 7.20. The Labute approximate surface area is 196 Å². The van der Waals surface area contributed by atoms with Crippen LogP contribution in [0.1, 0.15) is 83.7 Å². The van der Waals surface area contributed by atoms with E-state index < -0.39 is 5.54 Å². The molecule has 2 atom stereocenters. The summed E-state index contributed by atoms with van der Waals surface area (Å²) >= 11 is 0. The van der Waals surface area contributed by atoms with E-state index >= 15 is 0 Å². The molecule has 0 aliphatic rings. The van der Waals surface area contributed by atoms with Crippen molar-refractivity contribution in [1.29, 1.82) is 0 Å². The van der Waals surface area contributed by atoms with Gasteiger partial charge in [-0.1, -0.05) is 64.1 Å². The van der Waals surface area contributed by atoms with Crippen molar-refractivity contribution in [2.75, 3.05) is 0 Å². The molecule has 0 aromatic heterocycles. The lowest BCUT2D eigenvalue weighted by atomic mass is 9.89. The zero-order valence-corrected chi connectivity index (χ0v) is 21.4. The minimum Gasteiger partial charge on any atom is -0.465 e. The average Bonchev–Trinajstić information content (AvgIpc) is 2.62.